The first-order valence-electron chi connectivity index (χ1n) is 12.9. The lowest BCUT2D eigenvalue weighted by molar-refractivity contribution is -0.152. The summed E-state index contributed by atoms with van der Waals surface area (Å²) in [7, 11) is 0. The van der Waals surface area contributed by atoms with Crippen LogP contribution in [0.25, 0.3) is 0 Å². The summed E-state index contributed by atoms with van der Waals surface area (Å²) in [4.78, 5) is 23.4. The van der Waals surface area contributed by atoms with E-state index in [1.165, 1.54) is 83.5 Å². The van der Waals surface area contributed by atoms with Crippen molar-refractivity contribution in [2.24, 2.45) is 0 Å². The van der Waals surface area contributed by atoms with Crippen molar-refractivity contribution in [3.63, 3.8) is 0 Å². The van der Waals surface area contributed by atoms with Gasteiger partial charge in [0.05, 0.1) is 19.4 Å². The van der Waals surface area contributed by atoms with Gasteiger partial charge in [0.15, 0.2) is 6.10 Å². The molecule has 0 radical (unpaired) electrons. The zero-order chi connectivity index (χ0) is 23.0. The molecule has 0 fully saturated rings. The van der Waals surface area contributed by atoms with E-state index in [2.05, 4.69) is 18.8 Å². The molecular weight excluding hydrogens is 388 g/mol. The molecule has 1 unspecified atom stereocenters. The van der Waals surface area contributed by atoms with Crippen molar-refractivity contribution >= 4 is 11.9 Å². The first-order chi connectivity index (χ1) is 15.1. The van der Waals surface area contributed by atoms with Crippen LogP contribution in [-0.2, 0) is 19.1 Å². The van der Waals surface area contributed by atoms with Gasteiger partial charge in [-0.05, 0) is 19.8 Å². The topological polar surface area (TPSA) is 52.6 Å². The summed E-state index contributed by atoms with van der Waals surface area (Å²) in [6, 6.07) is 0. The van der Waals surface area contributed by atoms with Crippen molar-refractivity contribution < 1.29 is 19.1 Å². The highest BCUT2D eigenvalue weighted by atomic mass is 16.5. The van der Waals surface area contributed by atoms with E-state index >= 15 is 0 Å². The Morgan fingerprint density at radius 3 is 1.58 bits per heavy atom. The number of carbonyl (C=O) groups is 2. The molecular formula is C27H48O4. The molecule has 0 amide bonds. The highest BCUT2D eigenvalue weighted by Crippen LogP contribution is 2.13. The number of hydrogen-bond donors (Lipinski definition) is 0. The fraction of sp³-hybridized carbons (Fsp3) is 0.852. The monoisotopic (exact) mass is 436 g/mol. The van der Waals surface area contributed by atoms with Gasteiger partial charge in [-0.2, -0.15) is 0 Å². The minimum atomic E-state index is -0.390. The fourth-order valence-electron chi connectivity index (χ4n) is 3.53. The lowest BCUT2D eigenvalue weighted by Crippen LogP contribution is -2.17. The highest BCUT2D eigenvalue weighted by molar-refractivity contribution is 5.77. The minimum Gasteiger partial charge on any atom is -0.466 e. The van der Waals surface area contributed by atoms with E-state index in [0.29, 0.717) is 13.0 Å². The third kappa shape index (κ3) is 21.5. The molecule has 0 saturated carbocycles. The summed E-state index contributed by atoms with van der Waals surface area (Å²) >= 11 is 0. The van der Waals surface area contributed by atoms with Crippen molar-refractivity contribution in [2.75, 3.05) is 6.61 Å². The van der Waals surface area contributed by atoms with E-state index in [-0.39, 0.29) is 24.9 Å². The molecule has 31 heavy (non-hydrogen) atoms. The van der Waals surface area contributed by atoms with Gasteiger partial charge >= 0.3 is 11.9 Å². The maximum Gasteiger partial charge on any atom is 0.307 e. The second-order valence-corrected chi connectivity index (χ2v) is 8.45. The van der Waals surface area contributed by atoms with Crippen LogP contribution in [0.4, 0.5) is 0 Å². The summed E-state index contributed by atoms with van der Waals surface area (Å²) in [5.41, 5.74) is 0. The molecule has 0 bridgehead atoms. The van der Waals surface area contributed by atoms with Crippen molar-refractivity contribution in [1.29, 1.82) is 0 Å². The number of carbonyl (C=O) groups excluding carboxylic acids is 2. The van der Waals surface area contributed by atoms with Crippen LogP contribution in [0.1, 0.15) is 136 Å². The zero-order valence-electron chi connectivity index (χ0n) is 20.6. The third-order valence-corrected chi connectivity index (χ3v) is 5.49. The van der Waals surface area contributed by atoms with E-state index in [4.69, 9.17) is 9.47 Å². The molecule has 0 saturated heterocycles. The molecule has 0 aromatic heterocycles. The molecule has 0 aromatic carbocycles. The molecule has 1 atom stereocenters. The summed E-state index contributed by atoms with van der Waals surface area (Å²) in [5, 5.41) is 0. The highest BCUT2D eigenvalue weighted by Gasteiger charge is 2.12. The van der Waals surface area contributed by atoms with Gasteiger partial charge in [-0.1, -0.05) is 110 Å². The average Bonchev–Trinajstić information content (AvgIpc) is 2.77. The standard InChI is InChI=1S/C27H48O4/c1-4-7-8-9-10-11-12-13-14-15-16-17-18-19-20-24-30-26(28)22-23-27(29)31-25(6-3)21-5-2/h25H,4,6-20,22-24H2,1-3H3. The first-order valence-corrected chi connectivity index (χ1v) is 12.9. The molecule has 0 aliphatic heterocycles. The van der Waals surface area contributed by atoms with Crippen LogP contribution in [0, 0.1) is 11.8 Å². The van der Waals surface area contributed by atoms with Crippen LogP contribution < -0.4 is 0 Å². The Labute approximate surface area is 192 Å². The van der Waals surface area contributed by atoms with E-state index in [9.17, 15) is 9.59 Å². The Balaban J connectivity index is 3.37. The van der Waals surface area contributed by atoms with Gasteiger partial charge < -0.3 is 9.47 Å². The molecule has 4 heteroatoms. The quantitative estimate of drug-likeness (QED) is 0.106. The third-order valence-electron chi connectivity index (χ3n) is 5.49. The number of esters is 2. The summed E-state index contributed by atoms with van der Waals surface area (Å²) < 4.78 is 10.4. The van der Waals surface area contributed by atoms with E-state index < -0.39 is 5.97 Å². The normalized spacial score (nSPS) is 11.5. The van der Waals surface area contributed by atoms with Crippen LogP contribution in [0.15, 0.2) is 0 Å². The van der Waals surface area contributed by atoms with Crippen molar-refractivity contribution in [3.05, 3.63) is 0 Å². The minimum absolute atomic E-state index is 0.0551. The summed E-state index contributed by atoms with van der Waals surface area (Å²) in [6.07, 6.45) is 20.1. The van der Waals surface area contributed by atoms with Crippen LogP contribution >= 0.6 is 0 Å². The van der Waals surface area contributed by atoms with Gasteiger partial charge in [0, 0.05) is 0 Å². The molecule has 4 nitrogen and oxygen atoms in total. The summed E-state index contributed by atoms with van der Waals surface area (Å²) in [5.74, 6) is 4.86. The van der Waals surface area contributed by atoms with Crippen LogP contribution in [0.2, 0.25) is 0 Å². The van der Waals surface area contributed by atoms with Gasteiger partial charge in [0.2, 0.25) is 0 Å². The van der Waals surface area contributed by atoms with Crippen LogP contribution in [0.3, 0.4) is 0 Å². The maximum absolute atomic E-state index is 11.7. The lowest BCUT2D eigenvalue weighted by atomic mass is 10.0. The Hall–Kier alpha value is -1.50. The largest absolute Gasteiger partial charge is 0.466 e. The van der Waals surface area contributed by atoms with E-state index in [1.807, 2.05) is 6.92 Å². The Bertz CT molecular complexity index is 489. The fourth-order valence-corrected chi connectivity index (χ4v) is 3.53. The smallest absolute Gasteiger partial charge is 0.307 e. The Morgan fingerprint density at radius 1 is 0.677 bits per heavy atom. The maximum atomic E-state index is 11.7. The zero-order valence-corrected chi connectivity index (χ0v) is 20.6. The molecule has 0 N–H and O–H groups in total. The molecule has 0 aliphatic carbocycles. The average molecular weight is 437 g/mol. The van der Waals surface area contributed by atoms with Crippen LogP contribution in [0.5, 0.6) is 0 Å². The van der Waals surface area contributed by atoms with Gasteiger partial charge in [-0.25, -0.2) is 0 Å². The van der Waals surface area contributed by atoms with E-state index in [0.717, 1.165) is 12.8 Å². The number of rotatable bonds is 21. The van der Waals surface area contributed by atoms with Gasteiger partial charge in [0.25, 0.3) is 0 Å². The second-order valence-electron chi connectivity index (χ2n) is 8.45. The first kappa shape index (κ1) is 29.5. The molecule has 0 aliphatic rings. The molecule has 180 valence electrons. The summed E-state index contributed by atoms with van der Waals surface area (Å²) in [6.45, 7) is 6.34. The van der Waals surface area contributed by atoms with Crippen molar-refractivity contribution in [2.45, 2.75) is 142 Å². The predicted octanol–water partition coefficient (Wildman–Crippen LogP) is 7.53. The predicted molar refractivity (Wildman–Crippen MR) is 129 cm³/mol. The number of hydrogen-bond acceptors (Lipinski definition) is 4. The molecule has 0 spiro atoms. The molecule has 0 heterocycles. The lowest BCUT2D eigenvalue weighted by Gasteiger charge is -2.10. The van der Waals surface area contributed by atoms with Gasteiger partial charge in [0.1, 0.15) is 0 Å². The Morgan fingerprint density at radius 2 is 1.13 bits per heavy atom. The Kier molecular flexibility index (Phi) is 22.0. The van der Waals surface area contributed by atoms with Crippen LogP contribution in [-0.4, -0.2) is 24.6 Å². The SMILES string of the molecule is CC#CC(CC)OC(=O)CCC(=O)OCCCCCCCCCCCCCCCCC. The van der Waals surface area contributed by atoms with Crippen molar-refractivity contribution in [1.82, 2.24) is 0 Å². The molecule has 0 aromatic rings. The number of unbranched alkanes of at least 4 members (excludes halogenated alkanes) is 14. The van der Waals surface area contributed by atoms with Gasteiger partial charge in [-0.15, -0.1) is 5.92 Å². The molecule has 0 rings (SSSR count). The van der Waals surface area contributed by atoms with Gasteiger partial charge in [-0.3, -0.25) is 9.59 Å². The number of ether oxygens (including phenoxy) is 2. The van der Waals surface area contributed by atoms with E-state index in [1.54, 1.807) is 6.92 Å². The second kappa shape index (κ2) is 23.2. The van der Waals surface area contributed by atoms with Crippen molar-refractivity contribution in [3.8, 4) is 11.8 Å².